The van der Waals surface area contributed by atoms with Gasteiger partial charge in [-0.25, -0.2) is 0 Å². The first-order chi connectivity index (χ1) is 14.2. The third-order valence-electron chi connectivity index (χ3n) is 4.68. The van der Waals surface area contributed by atoms with Gasteiger partial charge in [0.25, 0.3) is 0 Å². The van der Waals surface area contributed by atoms with Crippen LogP contribution in [0.25, 0.3) is 0 Å². The molecular formula is C28H25N. The molecule has 0 atom stereocenters. The van der Waals surface area contributed by atoms with E-state index in [0.29, 0.717) is 0 Å². The van der Waals surface area contributed by atoms with Gasteiger partial charge in [0.2, 0.25) is 0 Å². The van der Waals surface area contributed by atoms with E-state index in [-0.39, 0.29) is 0 Å². The molecule has 29 heavy (non-hydrogen) atoms. The van der Waals surface area contributed by atoms with E-state index >= 15 is 0 Å². The predicted molar refractivity (Wildman–Crippen MR) is 124 cm³/mol. The maximum absolute atomic E-state index is 5.73. The van der Waals surface area contributed by atoms with Crippen LogP contribution in [0.15, 0.2) is 79.4 Å². The van der Waals surface area contributed by atoms with Crippen molar-refractivity contribution in [2.24, 2.45) is 0 Å². The normalized spacial score (nSPS) is 9.69. The Hall–Kier alpha value is -3.68. The first-order valence-corrected chi connectivity index (χ1v) is 9.90. The molecule has 0 saturated heterocycles. The van der Waals surface area contributed by atoms with Crippen molar-refractivity contribution in [3.05, 3.63) is 113 Å². The van der Waals surface area contributed by atoms with Gasteiger partial charge in [0.15, 0.2) is 0 Å². The van der Waals surface area contributed by atoms with Gasteiger partial charge in [0, 0.05) is 27.9 Å². The number of benzene rings is 3. The number of hydrogen-bond donors (Lipinski definition) is 1. The van der Waals surface area contributed by atoms with E-state index in [1.807, 2.05) is 36.4 Å². The number of nitrogens with two attached hydrogens (primary N) is 1. The standard InChI is InChI=1S/C28H25N/c1-3-5-6-22-7-9-23(10-8-22)11-12-25-14-18-27(26(4-2)21-25)17-13-24-15-19-28(29)20-16-24/h3,7-10,14-16,18-21H,1,4-6,29H2,2H3. The number of aryl methyl sites for hydroxylation is 2. The van der Waals surface area contributed by atoms with Crippen molar-refractivity contribution in [1.29, 1.82) is 0 Å². The molecule has 0 fully saturated rings. The van der Waals surface area contributed by atoms with Crippen molar-refractivity contribution in [3.8, 4) is 23.7 Å². The van der Waals surface area contributed by atoms with Gasteiger partial charge in [-0.05, 0) is 85.0 Å². The van der Waals surface area contributed by atoms with Crippen molar-refractivity contribution in [3.63, 3.8) is 0 Å². The molecular weight excluding hydrogens is 350 g/mol. The van der Waals surface area contributed by atoms with Crippen LogP contribution >= 0.6 is 0 Å². The molecule has 0 aliphatic rings. The molecule has 1 heteroatoms. The first kappa shape index (κ1) is 20.1. The quantitative estimate of drug-likeness (QED) is 0.351. The van der Waals surface area contributed by atoms with Gasteiger partial charge < -0.3 is 5.73 Å². The van der Waals surface area contributed by atoms with E-state index in [1.54, 1.807) is 0 Å². The van der Waals surface area contributed by atoms with E-state index in [2.05, 4.69) is 73.6 Å². The van der Waals surface area contributed by atoms with Crippen LogP contribution in [0.3, 0.4) is 0 Å². The number of hydrogen-bond acceptors (Lipinski definition) is 1. The Morgan fingerprint density at radius 3 is 2.03 bits per heavy atom. The zero-order valence-electron chi connectivity index (χ0n) is 16.8. The maximum atomic E-state index is 5.73. The summed E-state index contributed by atoms with van der Waals surface area (Å²) in [7, 11) is 0. The van der Waals surface area contributed by atoms with Gasteiger partial charge in [-0.2, -0.15) is 0 Å². The molecule has 0 bridgehead atoms. The van der Waals surface area contributed by atoms with Crippen molar-refractivity contribution in [2.75, 3.05) is 5.73 Å². The third-order valence-corrected chi connectivity index (χ3v) is 4.68. The summed E-state index contributed by atoms with van der Waals surface area (Å²) in [4.78, 5) is 0. The molecule has 0 amide bonds. The zero-order chi connectivity index (χ0) is 20.5. The third kappa shape index (κ3) is 5.90. The van der Waals surface area contributed by atoms with Gasteiger partial charge in [0.1, 0.15) is 0 Å². The van der Waals surface area contributed by atoms with Crippen molar-refractivity contribution < 1.29 is 0 Å². The fraction of sp³-hybridized carbons (Fsp3) is 0.143. The molecule has 0 aliphatic heterocycles. The topological polar surface area (TPSA) is 26.0 Å². The average Bonchev–Trinajstić information content (AvgIpc) is 2.77. The van der Waals surface area contributed by atoms with Crippen LogP contribution in [0.5, 0.6) is 0 Å². The molecule has 0 radical (unpaired) electrons. The second kappa shape index (κ2) is 10.0. The number of allylic oxidation sites excluding steroid dienone is 1. The molecule has 1 nitrogen and oxygen atoms in total. The van der Waals surface area contributed by atoms with E-state index in [9.17, 15) is 0 Å². The van der Waals surface area contributed by atoms with Crippen LogP contribution in [0.2, 0.25) is 0 Å². The van der Waals surface area contributed by atoms with E-state index in [1.165, 1.54) is 11.1 Å². The lowest BCUT2D eigenvalue weighted by atomic mass is 10.0. The number of anilines is 1. The van der Waals surface area contributed by atoms with Crippen LogP contribution in [0.4, 0.5) is 5.69 Å². The molecule has 3 aromatic carbocycles. The summed E-state index contributed by atoms with van der Waals surface area (Å²) in [5, 5.41) is 0. The molecule has 0 aromatic heterocycles. The van der Waals surface area contributed by atoms with Crippen LogP contribution in [0.1, 0.15) is 46.7 Å². The SMILES string of the molecule is C=CCCc1ccc(C#Cc2ccc(C#Cc3ccc(N)cc3)c(CC)c2)cc1. The van der Waals surface area contributed by atoms with Crippen LogP contribution in [-0.2, 0) is 12.8 Å². The lowest BCUT2D eigenvalue weighted by Gasteiger charge is -2.02. The highest BCUT2D eigenvalue weighted by atomic mass is 14.5. The maximum Gasteiger partial charge on any atom is 0.0314 e. The fourth-order valence-corrected chi connectivity index (χ4v) is 2.96. The minimum atomic E-state index is 0.749. The Morgan fingerprint density at radius 2 is 1.38 bits per heavy atom. The van der Waals surface area contributed by atoms with Crippen LogP contribution < -0.4 is 5.73 Å². The Balaban J connectivity index is 1.76. The summed E-state index contributed by atoms with van der Waals surface area (Å²) < 4.78 is 0. The minimum absolute atomic E-state index is 0.749. The lowest BCUT2D eigenvalue weighted by molar-refractivity contribution is 1.00. The molecule has 3 rings (SSSR count). The van der Waals surface area contributed by atoms with Gasteiger partial charge in [-0.3, -0.25) is 0 Å². The lowest BCUT2D eigenvalue weighted by Crippen LogP contribution is -1.90. The fourth-order valence-electron chi connectivity index (χ4n) is 2.96. The second-order valence-electron chi connectivity index (χ2n) is 6.87. The Bertz CT molecular complexity index is 1100. The Labute approximate surface area is 174 Å². The molecule has 0 unspecified atom stereocenters. The minimum Gasteiger partial charge on any atom is -0.399 e. The summed E-state index contributed by atoms with van der Waals surface area (Å²) in [6.07, 6.45) is 4.89. The summed E-state index contributed by atoms with van der Waals surface area (Å²) in [6.45, 7) is 5.91. The molecule has 0 heterocycles. The van der Waals surface area contributed by atoms with E-state index in [4.69, 9.17) is 5.73 Å². The predicted octanol–water partition coefficient (Wildman–Crippen LogP) is 5.75. The summed E-state index contributed by atoms with van der Waals surface area (Å²) in [6, 6.07) is 22.3. The zero-order valence-corrected chi connectivity index (χ0v) is 16.8. The highest BCUT2D eigenvalue weighted by Crippen LogP contribution is 2.13. The molecule has 0 aliphatic carbocycles. The average molecular weight is 376 g/mol. The van der Waals surface area contributed by atoms with Gasteiger partial charge >= 0.3 is 0 Å². The van der Waals surface area contributed by atoms with E-state index in [0.717, 1.165) is 47.2 Å². The number of rotatable bonds is 4. The summed E-state index contributed by atoms with van der Waals surface area (Å²) in [5.41, 5.74) is 13.0. The smallest absolute Gasteiger partial charge is 0.0314 e. The second-order valence-corrected chi connectivity index (χ2v) is 6.87. The largest absolute Gasteiger partial charge is 0.399 e. The highest BCUT2D eigenvalue weighted by Gasteiger charge is 1.99. The molecule has 3 aromatic rings. The van der Waals surface area contributed by atoms with Gasteiger partial charge in [-0.15, -0.1) is 6.58 Å². The van der Waals surface area contributed by atoms with Crippen molar-refractivity contribution >= 4 is 5.69 Å². The molecule has 142 valence electrons. The van der Waals surface area contributed by atoms with Gasteiger partial charge in [-0.1, -0.05) is 48.8 Å². The van der Waals surface area contributed by atoms with Crippen molar-refractivity contribution in [2.45, 2.75) is 26.2 Å². The Morgan fingerprint density at radius 1 is 0.793 bits per heavy atom. The van der Waals surface area contributed by atoms with E-state index < -0.39 is 0 Å². The monoisotopic (exact) mass is 375 g/mol. The van der Waals surface area contributed by atoms with Gasteiger partial charge in [0.05, 0.1) is 0 Å². The highest BCUT2D eigenvalue weighted by molar-refractivity contribution is 5.53. The van der Waals surface area contributed by atoms with Crippen molar-refractivity contribution in [1.82, 2.24) is 0 Å². The molecule has 0 saturated carbocycles. The summed E-state index contributed by atoms with van der Waals surface area (Å²) >= 11 is 0. The first-order valence-electron chi connectivity index (χ1n) is 9.90. The summed E-state index contributed by atoms with van der Waals surface area (Å²) in [5.74, 6) is 13.0. The molecule has 2 N–H and O–H groups in total. The number of nitrogen functional groups attached to an aromatic ring is 1. The molecule has 0 spiro atoms. The Kier molecular flexibility index (Phi) is 6.94. The van der Waals surface area contributed by atoms with Crippen LogP contribution in [0, 0.1) is 23.7 Å². The van der Waals surface area contributed by atoms with Crippen LogP contribution in [-0.4, -0.2) is 0 Å².